The number of hydrogen-bond donors (Lipinski definition) is 1. The predicted molar refractivity (Wildman–Crippen MR) is 133 cm³/mol. The summed E-state index contributed by atoms with van der Waals surface area (Å²) in [6, 6.07) is 10.8. The van der Waals surface area contributed by atoms with Gasteiger partial charge in [-0.1, -0.05) is 55.1 Å². The Morgan fingerprint density at radius 1 is 1.09 bits per heavy atom. The van der Waals surface area contributed by atoms with Crippen LogP contribution in [-0.4, -0.2) is 49.4 Å². The molecule has 188 valence electrons. The summed E-state index contributed by atoms with van der Waals surface area (Å²) in [5.74, 6) is -2.01. The van der Waals surface area contributed by atoms with Crippen molar-refractivity contribution < 1.29 is 22.4 Å². The van der Waals surface area contributed by atoms with Crippen molar-refractivity contribution in [1.29, 1.82) is 0 Å². The van der Waals surface area contributed by atoms with Crippen molar-refractivity contribution >= 4 is 39.1 Å². The Kier molecular flexibility index (Phi) is 8.09. The van der Waals surface area contributed by atoms with Gasteiger partial charge in [0.2, 0.25) is 21.8 Å². The average molecular weight is 522 g/mol. The number of carbonyl (C=O) groups is 2. The van der Waals surface area contributed by atoms with Gasteiger partial charge in [0.15, 0.2) is 0 Å². The zero-order valence-electron chi connectivity index (χ0n) is 19.3. The van der Waals surface area contributed by atoms with E-state index in [1.54, 1.807) is 24.3 Å². The fourth-order valence-electron chi connectivity index (χ4n) is 4.47. The number of anilines is 1. The van der Waals surface area contributed by atoms with Crippen molar-refractivity contribution in [1.82, 2.24) is 9.62 Å². The van der Waals surface area contributed by atoms with Crippen LogP contribution in [0.15, 0.2) is 48.5 Å². The summed E-state index contributed by atoms with van der Waals surface area (Å²) in [5.41, 5.74) is 0.539. The molecule has 1 heterocycles. The Bertz CT molecular complexity index is 1180. The summed E-state index contributed by atoms with van der Waals surface area (Å²) in [7, 11) is -3.56. The summed E-state index contributed by atoms with van der Waals surface area (Å²) in [5, 5.41) is 3.33. The lowest BCUT2D eigenvalue weighted by Crippen LogP contribution is -2.47. The molecule has 1 N–H and O–H groups in total. The van der Waals surface area contributed by atoms with Gasteiger partial charge in [-0.2, -0.15) is 4.31 Å². The molecular formula is C25H29ClFN3O4S. The number of halogens is 2. The standard InChI is InChI=1S/C25H29ClFN3O4S/c26-22-12-5-4-11-21(22)24(25(32)28-19-8-2-1-3-9-19)30(20-10-6-7-18(27)17-20)23(31)13-16-35(33,34)29-14-15-29/h4-7,10-12,17,19,24H,1-3,8-9,13-16H2,(H,28,32)/t24-/m1/s1. The minimum absolute atomic E-state index is 0.0336. The Labute approximate surface area is 210 Å². The van der Waals surface area contributed by atoms with Crippen LogP contribution in [0.5, 0.6) is 0 Å². The number of nitrogens with zero attached hydrogens (tertiary/aromatic N) is 2. The third-order valence-corrected chi connectivity index (χ3v) is 8.60. The van der Waals surface area contributed by atoms with Crippen molar-refractivity contribution in [3.05, 3.63) is 64.9 Å². The van der Waals surface area contributed by atoms with E-state index in [4.69, 9.17) is 11.6 Å². The smallest absolute Gasteiger partial charge is 0.248 e. The normalized spacial score (nSPS) is 17.5. The lowest BCUT2D eigenvalue weighted by atomic mass is 9.94. The molecule has 0 radical (unpaired) electrons. The van der Waals surface area contributed by atoms with Crippen LogP contribution in [0.2, 0.25) is 5.02 Å². The fourth-order valence-corrected chi connectivity index (χ4v) is 6.04. The van der Waals surface area contributed by atoms with Crippen LogP contribution in [0, 0.1) is 5.82 Å². The van der Waals surface area contributed by atoms with Gasteiger partial charge in [0.05, 0.1) is 5.75 Å². The largest absolute Gasteiger partial charge is 0.351 e. The molecule has 0 bridgehead atoms. The highest BCUT2D eigenvalue weighted by molar-refractivity contribution is 7.89. The molecule has 35 heavy (non-hydrogen) atoms. The maximum Gasteiger partial charge on any atom is 0.248 e. The molecule has 1 saturated heterocycles. The molecule has 10 heteroatoms. The molecule has 0 unspecified atom stereocenters. The summed E-state index contributed by atoms with van der Waals surface area (Å²) in [4.78, 5) is 28.4. The maximum absolute atomic E-state index is 14.2. The van der Waals surface area contributed by atoms with E-state index in [2.05, 4.69) is 5.32 Å². The van der Waals surface area contributed by atoms with Crippen molar-refractivity contribution in [2.75, 3.05) is 23.7 Å². The molecule has 1 atom stereocenters. The third-order valence-electron chi connectivity index (χ3n) is 6.39. The van der Waals surface area contributed by atoms with Crippen LogP contribution in [-0.2, 0) is 19.6 Å². The predicted octanol–water partition coefficient (Wildman–Crippen LogP) is 4.04. The second-order valence-electron chi connectivity index (χ2n) is 8.98. The minimum atomic E-state index is -3.56. The number of benzene rings is 2. The first-order valence-electron chi connectivity index (χ1n) is 11.9. The van der Waals surface area contributed by atoms with Gasteiger partial charge in [0.25, 0.3) is 0 Å². The van der Waals surface area contributed by atoms with Gasteiger partial charge in [0, 0.05) is 41.8 Å². The summed E-state index contributed by atoms with van der Waals surface area (Å²) in [6.45, 7) is 0.881. The number of amides is 2. The zero-order valence-corrected chi connectivity index (χ0v) is 20.9. The number of carbonyl (C=O) groups excluding carboxylic acids is 2. The zero-order chi connectivity index (χ0) is 25.0. The number of hydrogen-bond acceptors (Lipinski definition) is 4. The summed E-state index contributed by atoms with van der Waals surface area (Å²) in [6.07, 6.45) is 4.43. The van der Waals surface area contributed by atoms with E-state index < -0.39 is 39.4 Å². The fraction of sp³-hybridized carbons (Fsp3) is 0.440. The maximum atomic E-state index is 14.2. The first-order chi connectivity index (χ1) is 16.8. The molecule has 0 spiro atoms. The number of rotatable bonds is 9. The van der Waals surface area contributed by atoms with Gasteiger partial charge in [0.1, 0.15) is 11.9 Å². The summed E-state index contributed by atoms with van der Waals surface area (Å²) >= 11 is 6.48. The first kappa shape index (κ1) is 25.6. The van der Waals surface area contributed by atoms with E-state index in [0.717, 1.165) is 38.2 Å². The molecule has 7 nitrogen and oxygen atoms in total. The molecule has 2 aromatic rings. The van der Waals surface area contributed by atoms with E-state index >= 15 is 0 Å². The third kappa shape index (κ3) is 6.39. The Hall–Kier alpha value is -2.49. The van der Waals surface area contributed by atoms with Crippen molar-refractivity contribution in [2.45, 2.75) is 50.6 Å². The molecule has 2 aromatic carbocycles. The van der Waals surface area contributed by atoms with Crippen LogP contribution in [0.1, 0.15) is 50.1 Å². The van der Waals surface area contributed by atoms with E-state index in [9.17, 15) is 22.4 Å². The molecule has 2 aliphatic rings. The second-order valence-corrected chi connectivity index (χ2v) is 11.5. The molecule has 1 aliphatic carbocycles. The second kappa shape index (κ2) is 11.1. The van der Waals surface area contributed by atoms with Gasteiger partial charge in [-0.15, -0.1) is 0 Å². The highest BCUT2D eigenvalue weighted by Gasteiger charge is 2.37. The van der Waals surface area contributed by atoms with Crippen LogP contribution in [0.4, 0.5) is 10.1 Å². The van der Waals surface area contributed by atoms with Crippen LogP contribution >= 0.6 is 11.6 Å². The van der Waals surface area contributed by atoms with Crippen LogP contribution < -0.4 is 10.2 Å². The van der Waals surface area contributed by atoms with Crippen molar-refractivity contribution in [2.24, 2.45) is 0 Å². The molecular weight excluding hydrogens is 493 g/mol. The minimum Gasteiger partial charge on any atom is -0.351 e. The highest BCUT2D eigenvalue weighted by Crippen LogP contribution is 2.34. The van der Waals surface area contributed by atoms with Crippen molar-refractivity contribution in [3.63, 3.8) is 0 Å². The Balaban J connectivity index is 1.71. The monoisotopic (exact) mass is 521 g/mol. The van der Waals surface area contributed by atoms with E-state index in [-0.39, 0.29) is 23.2 Å². The lowest BCUT2D eigenvalue weighted by molar-refractivity contribution is -0.127. The quantitative estimate of drug-likeness (QED) is 0.505. The SMILES string of the molecule is O=C(NC1CCCCC1)[C@@H](c1ccccc1Cl)N(C(=O)CCS(=O)(=O)N1CC1)c1cccc(F)c1. The van der Waals surface area contributed by atoms with Crippen LogP contribution in [0.25, 0.3) is 0 Å². The molecule has 2 amide bonds. The number of sulfonamides is 1. The van der Waals surface area contributed by atoms with Gasteiger partial charge in [-0.25, -0.2) is 12.8 Å². The molecule has 2 fully saturated rings. The van der Waals surface area contributed by atoms with Gasteiger partial charge < -0.3 is 5.32 Å². The van der Waals surface area contributed by atoms with Crippen LogP contribution in [0.3, 0.4) is 0 Å². The molecule has 1 saturated carbocycles. The molecule has 1 aliphatic heterocycles. The van der Waals surface area contributed by atoms with Crippen molar-refractivity contribution in [3.8, 4) is 0 Å². The van der Waals surface area contributed by atoms with Gasteiger partial charge >= 0.3 is 0 Å². The first-order valence-corrected chi connectivity index (χ1v) is 13.9. The Morgan fingerprint density at radius 3 is 2.46 bits per heavy atom. The Morgan fingerprint density at radius 2 is 1.80 bits per heavy atom. The van der Waals surface area contributed by atoms with Gasteiger partial charge in [-0.05, 0) is 37.1 Å². The molecule has 4 rings (SSSR count). The topological polar surface area (TPSA) is 86.6 Å². The highest BCUT2D eigenvalue weighted by atomic mass is 35.5. The van der Waals surface area contributed by atoms with E-state index in [1.807, 2.05) is 0 Å². The lowest BCUT2D eigenvalue weighted by Gasteiger charge is -2.34. The average Bonchev–Trinajstić information content (AvgIpc) is 3.69. The summed E-state index contributed by atoms with van der Waals surface area (Å²) < 4.78 is 40.3. The molecule has 0 aromatic heterocycles. The van der Waals surface area contributed by atoms with Gasteiger partial charge in [-0.3, -0.25) is 14.5 Å². The number of nitrogens with one attached hydrogen (secondary N) is 1. The van der Waals surface area contributed by atoms with E-state index in [1.165, 1.54) is 27.4 Å². The van der Waals surface area contributed by atoms with E-state index in [0.29, 0.717) is 18.7 Å².